The summed E-state index contributed by atoms with van der Waals surface area (Å²) >= 11 is 3.88. The standard InChI is InChI=1S/C13H8BrF3N2OS/c14-7-3-1-2-6-4-8(20-11(6)7)10(18)9-5-19-12(21-9)13(15,16)17/h1-5,10H,18H2. The zero-order chi connectivity index (χ0) is 15.2. The molecule has 0 saturated carbocycles. The van der Waals surface area contributed by atoms with E-state index in [1.54, 1.807) is 6.07 Å². The number of thiazole rings is 1. The van der Waals surface area contributed by atoms with Crippen molar-refractivity contribution >= 4 is 38.2 Å². The summed E-state index contributed by atoms with van der Waals surface area (Å²) < 4.78 is 44.1. The Labute approximate surface area is 129 Å². The zero-order valence-corrected chi connectivity index (χ0v) is 12.7. The monoisotopic (exact) mass is 376 g/mol. The zero-order valence-electron chi connectivity index (χ0n) is 10.3. The lowest BCUT2D eigenvalue weighted by atomic mass is 10.2. The van der Waals surface area contributed by atoms with Gasteiger partial charge in [0, 0.05) is 16.5 Å². The van der Waals surface area contributed by atoms with Gasteiger partial charge in [0.1, 0.15) is 11.3 Å². The second-order valence-corrected chi connectivity index (χ2v) is 6.27. The first kappa shape index (κ1) is 14.6. The number of hydrogen-bond donors (Lipinski definition) is 1. The van der Waals surface area contributed by atoms with Crippen LogP contribution in [-0.4, -0.2) is 4.98 Å². The molecule has 3 rings (SSSR count). The van der Waals surface area contributed by atoms with Gasteiger partial charge in [-0.25, -0.2) is 4.98 Å². The third-order valence-corrected chi connectivity index (χ3v) is 4.64. The van der Waals surface area contributed by atoms with Crippen LogP contribution >= 0.6 is 27.3 Å². The number of hydrogen-bond acceptors (Lipinski definition) is 4. The van der Waals surface area contributed by atoms with Crippen LogP contribution in [0.5, 0.6) is 0 Å². The van der Waals surface area contributed by atoms with Gasteiger partial charge in [0.05, 0.1) is 10.5 Å². The molecule has 0 amide bonds. The van der Waals surface area contributed by atoms with Gasteiger partial charge in [-0.2, -0.15) is 13.2 Å². The maximum atomic E-state index is 12.6. The molecule has 1 aromatic carbocycles. The lowest BCUT2D eigenvalue weighted by Gasteiger charge is -2.04. The van der Waals surface area contributed by atoms with Crippen molar-refractivity contribution in [1.29, 1.82) is 0 Å². The fourth-order valence-corrected chi connectivity index (χ4v) is 3.16. The molecular weight excluding hydrogens is 369 g/mol. The second kappa shape index (κ2) is 5.11. The van der Waals surface area contributed by atoms with E-state index < -0.39 is 17.2 Å². The molecule has 0 aliphatic carbocycles. The number of para-hydroxylation sites is 1. The van der Waals surface area contributed by atoms with Crippen LogP contribution in [0.15, 0.2) is 39.4 Å². The van der Waals surface area contributed by atoms with Gasteiger partial charge in [0.2, 0.25) is 0 Å². The van der Waals surface area contributed by atoms with Crippen molar-refractivity contribution in [3.8, 4) is 0 Å². The van der Waals surface area contributed by atoms with Gasteiger partial charge in [-0.1, -0.05) is 12.1 Å². The highest BCUT2D eigenvalue weighted by Gasteiger charge is 2.35. The maximum absolute atomic E-state index is 12.6. The number of halogens is 4. The number of aromatic nitrogens is 1. The van der Waals surface area contributed by atoms with E-state index in [1.165, 1.54) is 0 Å². The number of nitrogens with two attached hydrogens (primary N) is 1. The summed E-state index contributed by atoms with van der Waals surface area (Å²) in [5, 5.41) is -0.0828. The Morgan fingerprint density at radius 2 is 2.10 bits per heavy atom. The first-order valence-electron chi connectivity index (χ1n) is 5.82. The minimum atomic E-state index is -4.46. The summed E-state index contributed by atoms with van der Waals surface area (Å²) in [6.07, 6.45) is -3.32. The fourth-order valence-electron chi connectivity index (χ4n) is 1.90. The number of rotatable bonds is 2. The summed E-state index contributed by atoms with van der Waals surface area (Å²) in [7, 11) is 0. The SMILES string of the molecule is NC(c1cc2cccc(Br)c2o1)c1cnc(C(F)(F)F)s1. The van der Waals surface area contributed by atoms with Crippen molar-refractivity contribution in [2.75, 3.05) is 0 Å². The van der Waals surface area contributed by atoms with Crippen molar-refractivity contribution in [3.63, 3.8) is 0 Å². The topological polar surface area (TPSA) is 52.0 Å². The highest BCUT2D eigenvalue weighted by atomic mass is 79.9. The number of nitrogens with zero attached hydrogens (tertiary/aromatic N) is 1. The Morgan fingerprint density at radius 3 is 2.71 bits per heavy atom. The van der Waals surface area contributed by atoms with E-state index in [9.17, 15) is 13.2 Å². The lowest BCUT2D eigenvalue weighted by Crippen LogP contribution is -2.09. The Hall–Kier alpha value is -1.38. The molecule has 0 bridgehead atoms. The van der Waals surface area contributed by atoms with Gasteiger partial charge in [0.25, 0.3) is 0 Å². The van der Waals surface area contributed by atoms with E-state index in [0.717, 1.165) is 16.1 Å². The van der Waals surface area contributed by atoms with E-state index in [4.69, 9.17) is 10.2 Å². The molecule has 8 heteroatoms. The van der Waals surface area contributed by atoms with Gasteiger partial charge in [-0.15, -0.1) is 11.3 Å². The van der Waals surface area contributed by atoms with Crippen molar-refractivity contribution in [1.82, 2.24) is 4.98 Å². The molecule has 0 saturated heterocycles. The van der Waals surface area contributed by atoms with Crippen LogP contribution in [0, 0.1) is 0 Å². The third kappa shape index (κ3) is 2.70. The van der Waals surface area contributed by atoms with E-state index in [2.05, 4.69) is 20.9 Å². The molecule has 0 spiro atoms. The molecule has 2 N–H and O–H groups in total. The summed E-state index contributed by atoms with van der Waals surface area (Å²) in [5.74, 6) is 0.397. The van der Waals surface area contributed by atoms with Crippen LogP contribution in [0.2, 0.25) is 0 Å². The number of benzene rings is 1. The Balaban J connectivity index is 1.98. The van der Waals surface area contributed by atoms with Crippen molar-refractivity contribution in [3.05, 3.63) is 50.6 Å². The second-order valence-electron chi connectivity index (χ2n) is 4.35. The molecule has 3 nitrogen and oxygen atoms in total. The number of fused-ring (bicyclic) bond motifs is 1. The molecule has 0 aliphatic heterocycles. The molecular formula is C13H8BrF3N2OS. The van der Waals surface area contributed by atoms with Crippen LogP contribution in [0.25, 0.3) is 11.0 Å². The van der Waals surface area contributed by atoms with E-state index in [1.807, 2.05) is 18.2 Å². The van der Waals surface area contributed by atoms with Gasteiger partial charge in [-0.05, 0) is 28.1 Å². The van der Waals surface area contributed by atoms with Gasteiger partial charge >= 0.3 is 6.18 Å². The lowest BCUT2D eigenvalue weighted by molar-refractivity contribution is -0.137. The Morgan fingerprint density at radius 1 is 1.33 bits per heavy atom. The average Bonchev–Trinajstić information content (AvgIpc) is 3.05. The van der Waals surface area contributed by atoms with Crippen LogP contribution in [0.4, 0.5) is 13.2 Å². The highest BCUT2D eigenvalue weighted by molar-refractivity contribution is 9.10. The van der Waals surface area contributed by atoms with E-state index >= 15 is 0 Å². The van der Waals surface area contributed by atoms with Crippen LogP contribution in [0.3, 0.4) is 0 Å². The molecule has 0 fully saturated rings. The smallest absolute Gasteiger partial charge is 0.443 e. The van der Waals surface area contributed by atoms with E-state index in [0.29, 0.717) is 27.6 Å². The summed E-state index contributed by atoms with van der Waals surface area (Å²) in [5.41, 5.74) is 6.60. The Bertz CT molecular complexity index is 796. The van der Waals surface area contributed by atoms with Crippen LogP contribution < -0.4 is 5.73 Å². The molecule has 110 valence electrons. The molecule has 0 aliphatic rings. The molecule has 1 atom stereocenters. The van der Waals surface area contributed by atoms with Gasteiger partial charge in [0.15, 0.2) is 5.01 Å². The molecule has 2 heterocycles. The van der Waals surface area contributed by atoms with Crippen molar-refractivity contribution in [2.24, 2.45) is 5.73 Å². The normalized spacial score (nSPS) is 13.8. The molecule has 0 radical (unpaired) electrons. The average molecular weight is 377 g/mol. The minimum absolute atomic E-state index is 0.303. The van der Waals surface area contributed by atoms with Gasteiger partial charge < -0.3 is 10.2 Å². The maximum Gasteiger partial charge on any atom is 0.443 e. The molecule has 2 aromatic heterocycles. The van der Waals surface area contributed by atoms with E-state index in [-0.39, 0.29) is 0 Å². The van der Waals surface area contributed by atoms with Crippen molar-refractivity contribution < 1.29 is 17.6 Å². The summed E-state index contributed by atoms with van der Waals surface area (Å²) in [4.78, 5) is 3.67. The molecule has 3 aromatic rings. The predicted molar refractivity (Wildman–Crippen MR) is 77.1 cm³/mol. The van der Waals surface area contributed by atoms with Crippen molar-refractivity contribution in [2.45, 2.75) is 12.2 Å². The first-order valence-corrected chi connectivity index (χ1v) is 7.43. The quantitative estimate of drug-likeness (QED) is 0.703. The molecule has 1 unspecified atom stereocenters. The highest BCUT2D eigenvalue weighted by Crippen LogP contribution is 2.37. The van der Waals surface area contributed by atoms with Crippen LogP contribution in [-0.2, 0) is 6.18 Å². The first-order chi connectivity index (χ1) is 9.86. The number of furan rings is 1. The molecule has 21 heavy (non-hydrogen) atoms. The Kier molecular flexibility index (Phi) is 3.54. The third-order valence-electron chi connectivity index (χ3n) is 2.89. The fraction of sp³-hybridized carbons (Fsp3) is 0.154. The minimum Gasteiger partial charge on any atom is -0.458 e. The van der Waals surface area contributed by atoms with Gasteiger partial charge in [-0.3, -0.25) is 0 Å². The summed E-state index contributed by atoms with van der Waals surface area (Å²) in [6.45, 7) is 0. The predicted octanol–water partition coefficient (Wildman–Crippen LogP) is 4.72. The van der Waals surface area contributed by atoms with Crippen LogP contribution in [0.1, 0.15) is 21.7 Å². The largest absolute Gasteiger partial charge is 0.458 e. The summed E-state index contributed by atoms with van der Waals surface area (Å²) in [6, 6.07) is 6.44. The number of alkyl halides is 3.